The van der Waals surface area contributed by atoms with Gasteiger partial charge in [0.1, 0.15) is 30.0 Å². The van der Waals surface area contributed by atoms with Crippen molar-refractivity contribution in [3.8, 4) is 0 Å². The summed E-state index contributed by atoms with van der Waals surface area (Å²) in [6, 6.07) is 6.63. The number of rotatable bonds is 14. The Balaban J connectivity index is 1.45. The molecule has 0 saturated carbocycles. The second-order valence-electron chi connectivity index (χ2n) is 21.3. The van der Waals surface area contributed by atoms with E-state index in [0.29, 0.717) is 32.4 Å². The van der Waals surface area contributed by atoms with Crippen LogP contribution in [0.3, 0.4) is 0 Å². The van der Waals surface area contributed by atoms with Gasteiger partial charge in [-0.2, -0.15) is 0 Å². The average molecular weight is 1040 g/mol. The van der Waals surface area contributed by atoms with Crippen molar-refractivity contribution in [3.05, 3.63) is 46.2 Å². The Morgan fingerprint density at radius 2 is 1.65 bits per heavy atom. The minimum Gasteiger partial charge on any atom is -0.459 e. The van der Waals surface area contributed by atoms with Gasteiger partial charge in [0.2, 0.25) is 0 Å². The Kier molecular flexibility index (Phi) is 20.2. The van der Waals surface area contributed by atoms with Gasteiger partial charge in [0.05, 0.1) is 59.9 Å². The Hall–Kier alpha value is -2.21. The highest BCUT2D eigenvalue weighted by Gasteiger charge is 2.53. The molecule has 4 heterocycles. The summed E-state index contributed by atoms with van der Waals surface area (Å²) in [6.07, 6.45) is -6.18. The first-order valence-corrected chi connectivity index (χ1v) is 25.6. The number of carbonyl (C=O) groups excluding carboxylic acids is 1. The molecule has 2 aromatic rings. The standard InChI is InChI=1S/C50H84BrN5O13/c1-14-39-50(10,63)43(59)32(6)55(12)25-28(2)23-48(8,62)45(30(4)42(31(5)46(61)67-39)68-40-24-49(9,64-13)44(60)33(7)66-40)69-47-41(58)38(21-29(3)65-47)54(11)20-19-36-26-56(53-52-36)37(27-57)22-34-15-17-35(51)18-16-34/h15-18,26,28-33,37-45,47,57-60,62-63H,14,19-25,27H2,1-13H3/t28-,29-,30+,31-,32-,33+,37+,38+,39-,40+,41?,42+,43-,44+,45-,47+,48-,49-,50-/m1/s1. The maximum atomic E-state index is 14.5. The zero-order chi connectivity index (χ0) is 51.3. The quantitative estimate of drug-likeness (QED) is 0.148. The molecule has 18 nitrogen and oxygen atoms in total. The van der Waals surface area contributed by atoms with E-state index in [1.165, 1.54) is 14.0 Å². The summed E-state index contributed by atoms with van der Waals surface area (Å²) >= 11 is 3.47. The third kappa shape index (κ3) is 13.9. The molecular weight excluding hydrogens is 958 g/mol. The zero-order valence-electron chi connectivity index (χ0n) is 43.1. The van der Waals surface area contributed by atoms with Crippen molar-refractivity contribution in [3.63, 3.8) is 0 Å². The van der Waals surface area contributed by atoms with Crippen LogP contribution in [0.25, 0.3) is 0 Å². The van der Waals surface area contributed by atoms with E-state index < -0.39 is 102 Å². The van der Waals surface area contributed by atoms with Crippen molar-refractivity contribution < 1.29 is 63.9 Å². The van der Waals surface area contributed by atoms with E-state index in [2.05, 4.69) is 26.2 Å². The van der Waals surface area contributed by atoms with Gasteiger partial charge in [0, 0.05) is 61.7 Å². The smallest absolute Gasteiger partial charge is 0.311 e. The topological polar surface area (TPSA) is 231 Å². The number of aliphatic hydroxyl groups is 6. The highest BCUT2D eigenvalue weighted by Crippen LogP contribution is 2.40. The number of ether oxygens (including phenoxy) is 6. The molecule has 1 unspecified atom stereocenters. The normalized spacial score (nSPS) is 40.8. The third-order valence-corrected chi connectivity index (χ3v) is 15.9. The fraction of sp³-hybridized carbons (Fsp3) is 0.820. The van der Waals surface area contributed by atoms with Gasteiger partial charge < -0.3 is 68.9 Å². The number of hydrogen-bond donors (Lipinski definition) is 6. The summed E-state index contributed by atoms with van der Waals surface area (Å²) in [5, 5.41) is 78.6. The SMILES string of the molecule is CC[C@H]1OC(=O)[C@H](C)[C@@H](O[C@H]2C[C@@](C)(OC)[C@@H](O)[C@H](C)O2)[C@H](C)[C@@H](O[C@@H]2O[C@H](C)C[C@H](N(C)CCc3cn([C@H](CO)Cc4ccc(Br)cc4)nn3)C2O)[C@](C)(O)C[C@@H](C)CN(C)[C@H](C)[C@@H](O)[C@]1(C)O. The molecule has 1 aromatic carbocycles. The molecule has 1 aromatic heterocycles. The molecule has 3 aliphatic heterocycles. The Morgan fingerprint density at radius 1 is 0.986 bits per heavy atom. The van der Waals surface area contributed by atoms with Crippen LogP contribution in [0.1, 0.15) is 112 Å². The Bertz CT molecular complexity index is 1910. The molecule has 6 N–H and O–H groups in total. The van der Waals surface area contributed by atoms with Gasteiger partial charge in [0.25, 0.3) is 0 Å². The number of halogens is 1. The lowest BCUT2D eigenvalue weighted by Gasteiger charge is -2.49. The second kappa shape index (κ2) is 24.2. The van der Waals surface area contributed by atoms with E-state index in [9.17, 15) is 35.4 Å². The maximum Gasteiger partial charge on any atom is 0.311 e. The first kappa shape index (κ1) is 57.7. The number of likely N-dealkylation sites (N-methyl/N-ethyl adjacent to an activating group) is 2. The molecule has 0 spiro atoms. The summed E-state index contributed by atoms with van der Waals surface area (Å²) in [4.78, 5) is 18.4. The summed E-state index contributed by atoms with van der Waals surface area (Å²) in [6.45, 7) is 18.3. The summed E-state index contributed by atoms with van der Waals surface area (Å²) in [5.74, 6) is -2.79. The van der Waals surface area contributed by atoms with E-state index >= 15 is 0 Å². The van der Waals surface area contributed by atoms with Crippen LogP contribution in [-0.2, 0) is 46.1 Å². The number of methoxy groups -OCH3 is 1. The number of esters is 1. The summed E-state index contributed by atoms with van der Waals surface area (Å²) < 4.78 is 40.9. The number of aliphatic hydroxyl groups excluding tert-OH is 4. The molecule has 3 saturated heterocycles. The van der Waals surface area contributed by atoms with Gasteiger partial charge in [-0.15, -0.1) is 5.10 Å². The molecule has 5 rings (SSSR count). The molecule has 19 heteroatoms. The monoisotopic (exact) mass is 1040 g/mol. The lowest BCUT2D eigenvalue weighted by molar-refractivity contribution is -0.318. The van der Waals surface area contributed by atoms with Crippen LogP contribution < -0.4 is 0 Å². The van der Waals surface area contributed by atoms with Crippen LogP contribution in [0.5, 0.6) is 0 Å². The molecule has 69 heavy (non-hydrogen) atoms. The van der Waals surface area contributed by atoms with Crippen LogP contribution in [0.2, 0.25) is 0 Å². The lowest BCUT2D eigenvalue weighted by Crippen LogP contribution is -2.61. The van der Waals surface area contributed by atoms with E-state index in [1.807, 2.05) is 75.1 Å². The van der Waals surface area contributed by atoms with Gasteiger partial charge in [-0.3, -0.25) is 4.79 Å². The molecule has 3 aliphatic rings. The molecule has 0 aliphatic carbocycles. The van der Waals surface area contributed by atoms with Gasteiger partial charge in [-0.25, -0.2) is 4.68 Å². The molecule has 0 bridgehead atoms. The van der Waals surface area contributed by atoms with Crippen LogP contribution in [0.4, 0.5) is 0 Å². The average Bonchev–Trinajstić information content (AvgIpc) is 3.77. The van der Waals surface area contributed by atoms with E-state index in [4.69, 9.17) is 28.4 Å². The van der Waals surface area contributed by atoms with Crippen LogP contribution in [0.15, 0.2) is 34.9 Å². The molecule has 0 radical (unpaired) electrons. The largest absolute Gasteiger partial charge is 0.459 e. The molecule has 0 amide bonds. The number of nitrogens with zero attached hydrogens (tertiary/aromatic N) is 5. The molecule has 19 atom stereocenters. The van der Waals surface area contributed by atoms with Crippen molar-refractivity contribution in [2.24, 2.45) is 17.8 Å². The summed E-state index contributed by atoms with van der Waals surface area (Å²) in [5.41, 5.74) is -2.75. The lowest BCUT2D eigenvalue weighted by atomic mass is 9.77. The fourth-order valence-electron chi connectivity index (χ4n) is 10.9. The Morgan fingerprint density at radius 3 is 2.28 bits per heavy atom. The van der Waals surface area contributed by atoms with Crippen LogP contribution >= 0.6 is 15.9 Å². The fourth-order valence-corrected chi connectivity index (χ4v) is 11.1. The van der Waals surface area contributed by atoms with Crippen molar-refractivity contribution >= 4 is 21.9 Å². The maximum absolute atomic E-state index is 14.5. The number of benzene rings is 1. The minimum atomic E-state index is -1.84. The van der Waals surface area contributed by atoms with E-state index in [-0.39, 0.29) is 43.9 Å². The van der Waals surface area contributed by atoms with Gasteiger partial charge in [0.15, 0.2) is 12.6 Å². The van der Waals surface area contributed by atoms with Crippen molar-refractivity contribution in [2.75, 3.05) is 40.9 Å². The number of carbonyl (C=O) groups is 1. The highest BCUT2D eigenvalue weighted by molar-refractivity contribution is 9.10. The molecular formula is C50H84BrN5O13. The van der Waals surface area contributed by atoms with E-state index in [1.54, 1.807) is 46.2 Å². The zero-order valence-corrected chi connectivity index (χ0v) is 44.7. The highest BCUT2D eigenvalue weighted by atomic mass is 79.9. The molecule has 394 valence electrons. The molecule has 3 fully saturated rings. The predicted molar refractivity (Wildman–Crippen MR) is 261 cm³/mol. The van der Waals surface area contributed by atoms with Crippen LogP contribution in [0, 0.1) is 17.8 Å². The van der Waals surface area contributed by atoms with E-state index in [0.717, 1.165) is 15.7 Å². The minimum absolute atomic E-state index is 0.0992. The second-order valence-corrected chi connectivity index (χ2v) is 22.2. The van der Waals surface area contributed by atoms with Crippen molar-refractivity contribution in [1.82, 2.24) is 24.8 Å². The number of aromatic nitrogens is 3. The van der Waals surface area contributed by atoms with Gasteiger partial charge in [-0.1, -0.05) is 54.0 Å². The Labute approximate surface area is 418 Å². The van der Waals surface area contributed by atoms with Crippen LogP contribution in [-0.4, -0.2) is 193 Å². The number of cyclic esters (lactones) is 1. The first-order chi connectivity index (χ1) is 32.3. The predicted octanol–water partition coefficient (Wildman–Crippen LogP) is 3.64. The number of hydrogen-bond acceptors (Lipinski definition) is 17. The first-order valence-electron chi connectivity index (χ1n) is 24.8. The van der Waals surface area contributed by atoms with Crippen molar-refractivity contribution in [2.45, 2.75) is 204 Å². The summed E-state index contributed by atoms with van der Waals surface area (Å²) in [7, 11) is 5.26. The van der Waals surface area contributed by atoms with Gasteiger partial charge in [-0.05, 0) is 112 Å². The third-order valence-electron chi connectivity index (χ3n) is 15.4. The van der Waals surface area contributed by atoms with Gasteiger partial charge >= 0.3 is 5.97 Å². The van der Waals surface area contributed by atoms with Crippen molar-refractivity contribution in [1.29, 1.82) is 0 Å².